The van der Waals surface area contributed by atoms with Gasteiger partial charge in [-0.1, -0.05) is 32.1 Å². The van der Waals surface area contributed by atoms with E-state index in [1.165, 1.54) is 18.6 Å². The van der Waals surface area contributed by atoms with Crippen LogP contribution in [0, 0.1) is 11.7 Å². The Kier molecular flexibility index (Phi) is 9.40. The highest BCUT2D eigenvalue weighted by Crippen LogP contribution is 2.28. The Labute approximate surface area is 223 Å². The second-order valence-electron chi connectivity index (χ2n) is 9.96. The molecule has 3 N–H and O–H groups in total. The second kappa shape index (κ2) is 13.1. The van der Waals surface area contributed by atoms with Gasteiger partial charge in [-0.15, -0.1) is 0 Å². The number of amides is 2. The van der Waals surface area contributed by atoms with Crippen LogP contribution in [0.2, 0.25) is 0 Å². The van der Waals surface area contributed by atoms with Crippen molar-refractivity contribution in [1.82, 2.24) is 10.6 Å². The number of hydrogen-bond acceptors (Lipinski definition) is 5. The number of carbonyl (C=O) groups is 2. The third-order valence-corrected chi connectivity index (χ3v) is 6.97. The maximum Gasteiger partial charge on any atom is 0.287 e. The quantitative estimate of drug-likeness (QED) is 0.298. The molecule has 7 nitrogen and oxygen atoms in total. The molecule has 4 rings (SSSR count). The summed E-state index contributed by atoms with van der Waals surface area (Å²) in [5.74, 6) is 0.736. The first-order chi connectivity index (χ1) is 18.4. The molecule has 0 unspecified atom stereocenters. The van der Waals surface area contributed by atoms with E-state index in [0.29, 0.717) is 30.2 Å². The van der Waals surface area contributed by atoms with Gasteiger partial charge in [0.2, 0.25) is 5.91 Å². The van der Waals surface area contributed by atoms with E-state index in [1.807, 2.05) is 31.2 Å². The van der Waals surface area contributed by atoms with Crippen molar-refractivity contribution >= 4 is 17.5 Å². The standard InChI is InChI=1S/C30H36FN3O4/c1-20(19-32-24-12-14-25(37-2)15-13-24)33-29(35)26(18-21-6-4-3-5-7-21)34-30(36)28-17-16-27(38-28)22-8-10-23(31)11-9-22/h8-17,20-21,26,32H,3-7,18-19H2,1-2H3,(H,33,35)(H,34,36)/t20-,26-/m0/s1. The first-order valence-corrected chi connectivity index (χ1v) is 13.3. The predicted molar refractivity (Wildman–Crippen MR) is 146 cm³/mol. The minimum Gasteiger partial charge on any atom is -0.497 e. The van der Waals surface area contributed by atoms with Crippen LogP contribution in [0.25, 0.3) is 11.3 Å². The van der Waals surface area contributed by atoms with Crippen molar-refractivity contribution in [2.24, 2.45) is 5.92 Å². The summed E-state index contributed by atoms with van der Waals surface area (Å²) < 4.78 is 24.2. The molecular formula is C30H36FN3O4. The highest BCUT2D eigenvalue weighted by Gasteiger charge is 2.28. The summed E-state index contributed by atoms with van der Waals surface area (Å²) >= 11 is 0. The van der Waals surface area contributed by atoms with Gasteiger partial charge in [0, 0.05) is 23.8 Å². The number of rotatable bonds is 11. The topological polar surface area (TPSA) is 92.6 Å². The van der Waals surface area contributed by atoms with E-state index in [2.05, 4.69) is 16.0 Å². The largest absolute Gasteiger partial charge is 0.497 e. The van der Waals surface area contributed by atoms with Gasteiger partial charge >= 0.3 is 0 Å². The molecular weight excluding hydrogens is 485 g/mol. The summed E-state index contributed by atoms with van der Waals surface area (Å²) in [5.41, 5.74) is 1.59. The molecule has 1 aliphatic carbocycles. The van der Waals surface area contributed by atoms with Crippen LogP contribution in [-0.2, 0) is 4.79 Å². The van der Waals surface area contributed by atoms with Crippen LogP contribution in [0.1, 0.15) is 56.0 Å². The van der Waals surface area contributed by atoms with E-state index in [9.17, 15) is 14.0 Å². The predicted octanol–water partition coefficient (Wildman–Crippen LogP) is 5.78. The van der Waals surface area contributed by atoms with Gasteiger partial charge in [-0.3, -0.25) is 9.59 Å². The van der Waals surface area contributed by atoms with Crippen molar-refractivity contribution in [1.29, 1.82) is 0 Å². The van der Waals surface area contributed by atoms with Gasteiger partial charge < -0.3 is 25.1 Å². The van der Waals surface area contributed by atoms with Crippen molar-refractivity contribution in [2.75, 3.05) is 19.0 Å². The summed E-state index contributed by atoms with van der Waals surface area (Å²) in [7, 11) is 1.62. The van der Waals surface area contributed by atoms with Crippen LogP contribution in [0.4, 0.5) is 10.1 Å². The number of halogens is 1. The molecule has 1 fully saturated rings. The summed E-state index contributed by atoms with van der Waals surface area (Å²) in [4.78, 5) is 26.4. The van der Waals surface area contributed by atoms with Crippen LogP contribution in [0.15, 0.2) is 65.1 Å². The van der Waals surface area contributed by atoms with Gasteiger partial charge in [0.1, 0.15) is 23.4 Å². The molecule has 2 aromatic carbocycles. The number of carbonyl (C=O) groups excluding carboxylic acids is 2. The van der Waals surface area contributed by atoms with Gasteiger partial charge in [-0.25, -0.2) is 4.39 Å². The van der Waals surface area contributed by atoms with Crippen LogP contribution in [-0.4, -0.2) is 37.6 Å². The highest BCUT2D eigenvalue weighted by molar-refractivity contribution is 5.96. The molecule has 38 heavy (non-hydrogen) atoms. The van der Waals surface area contributed by atoms with Gasteiger partial charge in [-0.2, -0.15) is 0 Å². The Morgan fingerprint density at radius 1 is 0.974 bits per heavy atom. The lowest BCUT2D eigenvalue weighted by molar-refractivity contribution is -0.124. The van der Waals surface area contributed by atoms with Crippen molar-refractivity contribution in [3.63, 3.8) is 0 Å². The summed E-state index contributed by atoms with van der Waals surface area (Å²) in [6.45, 7) is 2.46. The van der Waals surface area contributed by atoms with Crippen LogP contribution in [0.5, 0.6) is 5.75 Å². The number of ether oxygens (including phenoxy) is 1. The molecule has 8 heteroatoms. The summed E-state index contributed by atoms with van der Waals surface area (Å²) in [6.07, 6.45) is 6.21. The molecule has 0 bridgehead atoms. The highest BCUT2D eigenvalue weighted by atomic mass is 19.1. The van der Waals surface area contributed by atoms with Gasteiger partial charge in [0.25, 0.3) is 5.91 Å². The molecule has 202 valence electrons. The molecule has 1 aromatic heterocycles. The lowest BCUT2D eigenvalue weighted by Gasteiger charge is -2.27. The smallest absolute Gasteiger partial charge is 0.287 e. The molecule has 3 aromatic rings. The Bertz CT molecular complexity index is 1190. The number of hydrogen-bond donors (Lipinski definition) is 3. The fraction of sp³-hybridized carbons (Fsp3) is 0.400. The van der Waals surface area contributed by atoms with E-state index >= 15 is 0 Å². The zero-order valence-electron chi connectivity index (χ0n) is 22.0. The minimum absolute atomic E-state index is 0.111. The van der Waals surface area contributed by atoms with Gasteiger partial charge in [0.05, 0.1) is 7.11 Å². The number of benzene rings is 2. The van der Waals surface area contributed by atoms with E-state index in [1.54, 1.807) is 31.4 Å². The average molecular weight is 522 g/mol. The lowest BCUT2D eigenvalue weighted by Crippen LogP contribution is -2.51. The van der Waals surface area contributed by atoms with Crippen molar-refractivity contribution < 1.29 is 23.1 Å². The Morgan fingerprint density at radius 3 is 2.37 bits per heavy atom. The molecule has 0 radical (unpaired) electrons. The maximum absolute atomic E-state index is 13.3. The van der Waals surface area contributed by atoms with Crippen LogP contribution >= 0.6 is 0 Å². The normalized spacial score (nSPS) is 15.3. The first-order valence-electron chi connectivity index (χ1n) is 13.3. The minimum atomic E-state index is -0.673. The fourth-order valence-corrected chi connectivity index (χ4v) is 4.82. The molecule has 1 saturated carbocycles. The Hall–Kier alpha value is -3.81. The SMILES string of the molecule is COc1ccc(NC[C@H](C)NC(=O)[C@H](CC2CCCCC2)NC(=O)c2ccc(-c3ccc(F)cc3)o2)cc1. The number of methoxy groups -OCH3 is 1. The van der Waals surface area contributed by atoms with E-state index < -0.39 is 11.9 Å². The molecule has 0 aliphatic heterocycles. The number of anilines is 1. The van der Waals surface area contributed by atoms with Crippen LogP contribution < -0.4 is 20.7 Å². The van der Waals surface area contributed by atoms with E-state index in [-0.39, 0.29) is 23.5 Å². The van der Waals surface area contributed by atoms with Gasteiger partial charge in [0.15, 0.2) is 5.76 Å². The number of nitrogens with one attached hydrogen (secondary N) is 3. The molecule has 2 amide bonds. The summed E-state index contributed by atoms with van der Waals surface area (Å²) in [5, 5.41) is 9.27. The Balaban J connectivity index is 1.38. The summed E-state index contributed by atoms with van der Waals surface area (Å²) in [6, 6.07) is 15.9. The van der Waals surface area contributed by atoms with Crippen molar-refractivity contribution in [3.8, 4) is 17.1 Å². The molecule has 0 spiro atoms. The zero-order valence-corrected chi connectivity index (χ0v) is 22.0. The third kappa shape index (κ3) is 7.60. The lowest BCUT2D eigenvalue weighted by atomic mass is 9.84. The average Bonchev–Trinajstić information content (AvgIpc) is 3.43. The molecule has 1 heterocycles. The second-order valence-corrected chi connectivity index (χ2v) is 9.96. The maximum atomic E-state index is 13.3. The van der Waals surface area contributed by atoms with E-state index in [4.69, 9.17) is 9.15 Å². The monoisotopic (exact) mass is 521 g/mol. The van der Waals surface area contributed by atoms with Crippen molar-refractivity contribution in [2.45, 2.75) is 57.5 Å². The van der Waals surface area contributed by atoms with Crippen LogP contribution in [0.3, 0.4) is 0 Å². The van der Waals surface area contributed by atoms with Crippen molar-refractivity contribution in [3.05, 3.63) is 72.2 Å². The van der Waals surface area contributed by atoms with E-state index in [0.717, 1.165) is 37.1 Å². The molecule has 2 atom stereocenters. The Morgan fingerprint density at radius 2 is 1.68 bits per heavy atom. The third-order valence-electron chi connectivity index (χ3n) is 6.97. The number of furan rings is 1. The fourth-order valence-electron chi connectivity index (χ4n) is 4.82. The molecule has 0 saturated heterocycles. The van der Waals surface area contributed by atoms with Gasteiger partial charge in [-0.05, 0) is 79.9 Å². The first kappa shape index (κ1) is 27.2. The zero-order chi connectivity index (χ0) is 26.9. The molecule has 1 aliphatic rings.